The zero-order chi connectivity index (χ0) is 21.3. The van der Waals surface area contributed by atoms with Crippen LogP contribution in [0.25, 0.3) is 0 Å². The van der Waals surface area contributed by atoms with Crippen molar-refractivity contribution in [3.05, 3.63) is 29.8 Å². The molecule has 1 aromatic carbocycles. The van der Waals surface area contributed by atoms with E-state index in [0.29, 0.717) is 23.3 Å². The fourth-order valence-corrected chi connectivity index (χ4v) is 5.81. The van der Waals surface area contributed by atoms with E-state index in [9.17, 15) is 18.4 Å². The number of halogens is 2. The van der Waals surface area contributed by atoms with Gasteiger partial charge in [0.2, 0.25) is 5.91 Å². The molecule has 0 heterocycles. The van der Waals surface area contributed by atoms with Crippen LogP contribution in [-0.4, -0.2) is 30.7 Å². The van der Waals surface area contributed by atoms with Gasteiger partial charge in [0.1, 0.15) is 11.8 Å². The number of hydrogen-bond acceptors (Lipinski definition) is 4. The van der Waals surface area contributed by atoms with Gasteiger partial charge < -0.3 is 10.1 Å². The third-order valence-corrected chi connectivity index (χ3v) is 6.75. The second-order valence-electron chi connectivity index (χ2n) is 9.07. The zero-order valence-electron chi connectivity index (χ0n) is 16.9. The molecule has 0 saturated heterocycles. The second kappa shape index (κ2) is 8.32. The Morgan fingerprint density at radius 2 is 1.67 bits per heavy atom. The van der Waals surface area contributed by atoms with Crippen molar-refractivity contribution in [2.75, 3.05) is 0 Å². The van der Waals surface area contributed by atoms with E-state index in [-0.39, 0.29) is 17.1 Å². The predicted octanol–water partition coefficient (Wildman–Crippen LogP) is 3.46. The highest BCUT2D eigenvalue weighted by atomic mass is 19.3. The fraction of sp³-hybridized carbons (Fsp3) is 0.591. The summed E-state index contributed by atoms with van der Waals surface area (Å²) < 4.78 is 28.6. The molecule has 30 heavy (non-hydrogen) atoms. The molecule has 6 nitrogen and oxygen atoms in total. The second-order valence-corrected chi connectivity index (χ2v) is 9.07. The summed E-state index contributed by atoms with van der Waals surface area (Å²) in [7, 11) is 0. The van der Waals surface area contributed by atoms with Gasteiger partial charge in [0.25, 0.3) is 5.91 Å². The minimum atomic E-state index is -2.88. The Morgan fingerprint density at radius 3 is 2.20 bits per heavy atom. The minimum Gasteiger partial charge on any atom is -0.435 e. The highest BCUT2D eigenvalue weighted by Gasteiger charge is 2.54. The van der Waals surface area contributed by atoms with Gasteiger partial charge in [0.05, 0.1) is 6.21 Å². The van der Waals surface area contributed by atoms with E-state index in [4.69, 9.17) is 0 Å². The summed E-state index contributed by atoms with van der Waals surface area (Å²) >= 11 is 0. The predicted molar refractivity (Wildman–Crippen MR) is 107 cm³/mol. The van der Waals surface area contributed by atoms with Crippen LogP contribution in [0.5, 0.6) is 5.75 Å². The molecule has 0 spiro atoms. The van der Waals surface area contributed by atoms with E-state index >= 15 is 0 Å². The first kappa shape index (κ1) is 20.8. The molecule has 4 fully saturated rings. The van der Waals surface area contributed by atoms with Gasteiger partial charge in [-0.1, -0.05) is 0 Å². The number of alkyl halides is 2. The standard InChI is InChI=1S/C22H27F2N3O3/c1-13(19(28)27-25-12-14-2-4-18(5-3-14)30-21(23)24)26-20(29)22-9-15-6-16(10-22)8-17(7-15)11-22/h2-5,12-13,15-17,21H,6-11H2,1H3,(H,26,29)(H,27,28)/b25-12-/t13-,15?,16?,17?,22?/m1/s1. The Hall–Kier alpha value is -2.51. The molecule has 0 radical (unpaired) electrons. The smallest absolute Gasteiger partial charge is 0.387 e. The normalized spacial score (nSPS) is 30.5. The van der Waals surface area contributed by atoms with E-state index in [1.807, 2.05) is 0 Å². The molecule has 4 saturated carbocycles. The molecule has 2 N–H and O–H groups in total. The quantitative estimate of drug-likeness (QED) is 0.525. The van der Waals surface area contributed by atoms with Crippen molar-refractivity contribution in [1.82, 2.24) is 10.7 Å². The number of nitrogens with zero attached hydrogens (tertiary/aromatic N) is 1. The van der Waals surface area contributed by atoms with Crippen molar-refractivity contribution in [3.63, 3.8) is 0 Å². The maximum absolute atomic E-state index is 13.0. The monoisotopic (exact) mass is 419 g/mol. The van der Waals surface area contributed by atoms with Crippen molar-refractivity contribution in [2.24, 2.45) is 28.3 Å². The van der Waals surface area contributed by atoms with Crippen LogP contribution in [0.1, 0.15) is 51.0 Å². The van der Waals surface area contributed by atoms with Gasteiger partial charge in [-0.05, 0) is 93.0 Å². The summed E-state index contributed by atoms with van der Waals surface area (Å²) in [6, 6.07) is 5.19. The fourth-order valence-electron chi connectivity index (χ4n) is 5.81. The Kier molecular flexibility index (Phi) is 5.75. The van der Waals surface area contributed by atoms with Crippen LogP contribution in [0.3, 0.4) is 0 Å². The van der Waals surface area contributed by atoms with Gasteiger partial charge in [0, 0.05) is 5.41 Å². The lowest BCUT2D eigenvalue weighted by Crippen LogP contribution is -2.56. The Morgan fingerprint density at radius 1 is 1.10 bits per heavy atom. The number of hydrazone groups is 1. The number of hydrogen-bond donors (Lipinski definition) is 2. The van der Waals surface area contributed by atoms with E-state index in [2.05, 4.69) is 20.6 Å². The summed E-state index contributed by atoms with van der Waals surface area (Å²) in [5.74, 6) is 1.63. The summed E-state index contributed by atoms with van der Waals surface area (Å²) in [5.41, 5.74) is 2.74. The van der Waals surface area contributed by atoms with Crippen molar-refractivity contribution >= 4 is 18.0 Å². The largest absolute Gasteiger partial charge is 0.435 e. The average molecular weight is 419 g/mol. The van der Waals surface area contributed by atoms with Crippen LogP contribution in [0.15, 0.2) is 29.4 Å². The maximum Gasteiger partial charge on any atom is 0.387 e. The first-order valence-corrected chi connectivity index (χ1v) is 10.5. The van der Waals surface area contributed by atoms with E-state index in [0.717, 1.165) is 19.3 Å². The Labute approximate surface area is 174 Å². The zero-order valence-corrected chi connectivity index (χ0v) is 16.9. The van der Waals surface area contributed by atoms with Gasteiger partial charge in [0.15, 0.2) is 0 Å². The Bertz CT molecular complexity index is 790. The molecular weight excluding hydrogens is 392 g/mol. The molecule has 4 aliphatic rings. The van der Waals surface area contributed by atoms with Gasteiger partial charge in [-0.25, -0.2) is 5.43 Å². The molecule has 1 atom stereocenters. The van der Waals surface area contributed by atoms with Crippen molar-refractivity contribution < 1.29 is 23.1 Å². The van der Waals surface area contributed by atoms with Crippen LogP contribution in [0, 0.1) is 23.2 Å². The summed E-state index contributed by atoms with van der Waals surface area (Å²) in [5, 5.41) is 6.79. The van der Waals surface area contributed by atoms with Crippen LogP contribution < -0.4 is 15.5 Å². The van der Waals surface area contributed by atoms with Gasteiger partial charge in [-0.2, -0.15) is 13.9 Å². The molecule has 5 rings (SSSR count). The van der Waals surface area contributed by atoms with Crippen LogP contribution in [0.2, 0.25) is 0 Å². The SMILES string of the molecule is C[C@@H](NC(=O)C12CC3CC(CC(C3)C1)C2)C(=O)N/N=C\c1ccc(OC(F)F)cc1. The van der Waals surface area contributed by atoms with E-state index in [1.165, 1.54) is 37.6 Å². The van der Waals surface area contributed by atoms with Gasteiger partial charge >= 0.3 is 6.61 Å². The molecule has 0 aliphatic heterocycles. The maximum atomic E-state index is 13.0. The van der Waals surface area contributed by atoms with Crippen molar-refractivity contribution in [2.45, 2.75) is 58.1 Å². The molecule has 2 amide bonds. The lowest BCUT2D eigenvalue weighted by atomic mass is 9.49. The van der Waals surface area contributed by atoms with Crippen LogP contribution in [-0.2, 0) is 9.59 Å². The number of rotatable bonds is 7. The summed E-state index contributed by atoms with van der Waals surface area (Å²) in [6.07, 6.45) is 8.01. The van der Waals surface area contributed by atoms with Crippen LogP contribution in [0.4, 0.5) is 8.78 Å². The molecule has 162 valence electrons. The summed E-state index contributed by atoms with van der Waals surface area (Å²) in [4.78, 5) is 25.3. The average Bonchev–Trinajstić information content (AvgIpc) is 2.67. The highest BCUT2D eigenvalue weighted by molar-refractivity contribution is 5.90. The highest BCUT2D eigenvalue weighted by Crippen LogP contribution is 2.60. The molecular formula is C22H27F2N3O3. The number of ether oxygens (including phenoxy) is 1. The summed E-state index contributed by atoms with van der Waals surface area (Å²) in [6.45, 7) is -1.22. The molecule has 0 unspecified atom stereocenters. The number of benzene rings is 1. The lowest BCUT2D eigenvalue weighted by molar-refractivity contribution is -0.148. The van der Waals surface area contributed by atoms with E-state index < -0.39 is 18.6 Å². The van der Waals surface area contributed by atoms with E-state index in [1.54, 1.807) is 19.1 Å². The number of nitrogens with one attached hydrogen (secondary N) is 2. The third kappa shape index (κ3) is 4.47. The number of carbonyl (C=O) groups excluding carboxylic acids is 2. The molecule has 4 aliphatic carbocycles. The number of carbonyl (C=O) groups is 2. The van der Waals surface area contributed by atoms with Crippen molar-refractivity contribution in [1.29, 1.82) is 0 Å². The van der Waals surface area contributed by atoms with Crippen molar-refractivity contribution in [3.8, 4) is 5.75 Å². The third-order valence-electron chi connectivity index (χ3n) is 6.75. The minimum absolute atomic E-state index is 0.00264. The topological polar surface area (TPSA) is 79.8 Å². The Balaban J connectivity index is 1.28. The number of amides is 2. The molecule has 8 heteroatoms. The van der Waals surface area contributed by atoms with Gasteiger partial charge in [-0.3, -0.25) is 9.59 Å². The molecule has 0 aromatic heterocycles. The molecule has 1 aromatic rings. The molecule has 4 bridgehead atoms. The first-order valence-electron chi connectivity index (χ1n) is 10.5. The lowest BCUT2D eigenvalue weighted by Gasteiger charge is -2.55. The van der Waals surface area contributed by atoms with Gasteiger partial charge in [-0.15, -0.1) is 0 Å². The first-order chi connectivity index (χ1) is 14.3. The van der Waals surface area contributed by atoms with Crippen LogP contribution >= 0.6 is 0 Å².